The SMILES string of the molecule is Cc1c(-c2c(C(OC(C)(C)C)C(=O)O)n(C)c(=O)c3cc(Nc4ccc(Cl)c(F)c4)ccc23)cc(F)c2c1CCCO2. The number of aromatic nitrogens is 1. The summed E-state index contributed by atoms with van der Waals surface area (Å²) in [7, 11) is 1.48. The van der Waals surface area contributed by atoms with Gasteiger partial charge in [0.1, 0.15) is 5.82 Å². The number of hydrogen-bond donors (Lipinski definition) is 2. The summed E-state index contributed by atoms with van der Waals surface area (Å²) in [6.45, 7) is 7.42. The number of fused-ring (bicyclic) bond motifs is 2. The molecular formula is C32H31ClF2N2O5. The first-order valence-electron chi connectivity index (χ1n) is 13.5. The van der Waals surface area contributed by atoms with Gasteiger partial charge < -0.3 is 24.5 Å². The third kappa shape index (κ3) is 5.46. The van der Waals surface area contributed by atoms with Gasteiger partial charge in [0.25, 0.3) is 5.56 Å². The van der Waals surface area contributed by atoms with Gasteiger partial charge in [-0.05, 0) is 93.4 Å². The fourth-order valence-electron chi connectivity index (χ4n) is 5.44. The minimum Gasteiger partial charge on any atom is -0.490 e. The van der Waals surface area contributed by atoms with E-state index in [0.717, 1.165) is 5.56 Å². The first-order chi connectivity index (χ1) is 19.8. The highest BCUT2D eigenvalue weighted by atomic mass is 35.5. The molecule has 0 aliphatic carbocycles. The van der Waals surface area contributed by atoms with Crippen molar-refractivity contribution in [1.82, 2.24) is 4.57 Å². The third-order valence-electron chi connectivity index (χ3n) is 7.30. The molecule has 42 heavy (non-hydrogen) atoms. The Morgan fingerprint density at radius 1 is 1.10 bits per heavy atom. The van der Waals surface area contributed by atoms with E-state index < -0.39 is 34.9 Å². The van der Waals surface area contributed by atoms with E-state index >= 15 is 4.39 Å². The summed E-state index contributed by atoms with van der Waals surface area (Å²) in [6, 6.07) is 10.6. The lowest BCUT2D eigenvalue weighted by Gasteiger charge is -2.29. The molecular weight excluding hydrogens is 566 g/mol. The van der Waals surface area contributed by atoms with Crippen molar-refractivity contribution < 1.29 is 28.2 Å². The molecule has 0 saturated heterocycles. The molecule has 1 aliphatic rings. The fraction of sp³-hybridized carbons (Fsp3) is 0.312. The van der Waals surface area contributed by atoms with Crippen LogP contribution in [0, 0.1) is 18.6 Å². The molecule has 220 valence electrons. The van der Waals surface area contributed by atoms with E-state index in [1.165, 1.54) is 29.8 Å². The monoisotopic (exact) mass is 596 g/mol. The topological polar surface area (TPSA) is 89.8 Å². The molecule has 0 amide bonds. The number of aliphatic carboxylic acids is 1. The summed E-state index contributed by atoms with van der Waals surface area (Å²) in [6.07, 6.45) is -0.230. The number of pyridine rings is 1. The minimum absolute atomic E-state index is 0.0198. The van der Waals surface area contributed by atoms with Gasteiger partial charge in [-0.3, -0.25) is 4.79 Å². The Bertz CT molecular complexity index is 1800. The number of rotatable bonds is 6. The number of nitrogens with one attached hydrogen (secondary N) is 1. The highest BCUT2D eigenvalue weighted by molar-refractivity contribution is 6.30. The molecule has 0 spiro atoms. The molecule has 1 aromatic heterocycles. The number of carboxylic acids is 1. The number of ether oxygens (including phenoxy) is 2. The Hall–Kier alpha value is -3.95. The van der Waals surface area contributed by atoms with Gasteiger partial charge in [0.05, 0.1) is 22.9 Å². The number of nitrogens with zero attached hydrogens (tertiary/aromatic N) is 1. The molecule has 1 unspecified atom stereocenters. The maximum Gasteiger partial charge on any atom is 0.339 e. The molecule has 5 rings (SSSR count). The van der Waals surface area contributed by atoms with E-state index in [-0.39, 0.29) is 21.9 Å². The summed E-state index contributed by atoms with van der Waals surface area (Å²) < 4.78 is 42.5. The number of anilines is 2. The van der Waals surface area contributed by atoms with Crippen molar-refractivity contribution in [2.24, 2.45) is 7.05 Å². The average Bonchev–Trinajstić information content (AvgIpc) is 2.93. The molecule has 2 N–H and O–H groups in total. The van der Waals surface area contributed by atoms with Crippen molar-refractivity contribution in [3.8, 4) is 16.9 Å². The highest BCUT2D eigenvalue weighted by Crippen LogP contribution is 2.43. The summed E-state index contributed by atoms with van der Waals surface area (Å²) in [5, 5.41) is 14.1. The number of hydrogen-bond acceptors (Lipinski definition) is 5. The molecule has 1 aliphatic heterocycles. The normalized spacial score (nSPS) is 13.9. The molecule has 0 radical (unpaired) electrons. The first kappa shape index (κ1) is 29.5. The average molecular weight is 597 g/mol. The van der Waals surface area contributed by atoms with Gasteiger partial charge in [0, 0.05) is 34.9 Å². The van der Waals surface area contributed by atoms with Crippen LogP contribution in [0.5, 0.6) is 5.75 Å². The van der Waals surface area contributed by atoms with Gasteiger partial charge >= 0.3 is 5.97 Å². The van der Waals surface area contributed by atoms with E-state index in [4.69, 9.17) is 21.1 Å². The summed E-state index contributed by atoms with van der Waals surface area (Å²) in [5.74, 6) is -2.26. The Morgan fingerprint density at radius 2 is 1.79 bits per heavy atom. The van der Waals surface area contributed by atoms with E-state index in [1.807, 2.05) is 6.92 Å². The molecule has 7 nitrogen and oxygen atoms in total. The summed E-state index contributed by atoms with van der Waals surface area (Å²) >= 11 is 5.81. The second-order valence-electron chi connectivity index (χ2n) is 11.4. The van der Waals surface area contributed by atoms with Gasteiger partial charge in [0.15, 0.2) is 17.7 Å². The van der Waals surface area contributed by atoms with Crippen LogP contribution in [0.15, 0.2) is 47.3 Å². The molecule has 0 bridgehead atoms. The summed E-state index contributed by atoms with van der Waals surface area (Å²) in [4.78, 5) is 26.5. The zero-order chi connectivity index (χ0) is 30.5. The van der Waals surface area contributed by atoms with Crippen LogP contribution in [0.4, 0.5) is 20.2 Å². The molecule has 1 atom stereocenters. The Morgan fingerprint density at radius 3 is 2.45 bits per heavy atom. The van der Waals surface area contributed by atoms with E-state index in [2.05, 4.69) is 5.32 Å². The smallest absolute Gasteiger partial charge is 0.339 e. The molecule has 0 fully saturated rings. The lowest BCUT2D eigenvalue weighted by Crippen LogP contribution is -2.33. The van der Waals surface area contributed by atoms with Crippen LogP contribution >= 0.6 is 11.6 Å². The minimum atomic E-state index is -1.54. The Labute approximate surface area is 246 Å². The van der Waals surface area contributed by atoms with Crippen molar-refractivity contribution >= 4 is 39.7 Å². The van der Waals surface area contributed by atoms with Gasteiger partial charge in [-0.25, -0.2) is 13.6 Å². The van der Waals surface area contributed by atoms with Crippen LogP contribution in [-0.2, 0) is 23.0 Å². The summed E-state index contributed by atoms with van der Waals surface area (Å²) in [5.41, 5.74) is 1.89. The van der Waals surface area contributed by atoms with Gasteiger partial charge in [-0.1, -0.05) is 17.7 Å². The van der Waals surface area contributed by atoms with Gasteiger partial charge in [-0.2, -0.15) is 0 Å². The first-order valence-corrected chi connectivity index (χ1v) is 13.9. The lowest BCUT2D eigenvalue weighted by atomic mass is 9.87. The zero-order valence-corrected chi connectivity index (χ0v) is 24.7. The largest absolute Gasteiger partial charge is 0.490 e. The molecule has 2 heterocycles. The molecule has 0 saturated carbocycles. The third-order valence-corrected chi connectivity index (χ3v) is 7.61. The van der Waals surface area contributed by atoms with Crippen molar-refractivity contribution in [2.45, 2.75) is 52.2 Å². The maximum absolute atomic E-state index is 15.5. The fourth-order valence-corrected chi connectivity index (χ4v) is 5.56. The molecule has 10 heteroatoms. The van der Waals surface area contributed by atoms with Crippen molar-refractivity contribution in [1.29, 1.82) is 0 Å². The maximum atomic E-state index is 15.5. The van der Waals surface area contributed by atoms with Crippen LogP contribution in [0.2, 0.25) is 5.02 Å². The number of carbonyl (C=O) groups is 1. The van der Waals surface area contributed by atoms with Crippen LogP contribution in [0.3, 0.4) is 0 Å². The highest BCUT2D eigenvalue weighted by Gasteiger charge is 2.34. The molecule has 3 aromatic carbocycles. The van der Waals surface area contributed by atoms with Crippen LogP contribution in [0.25, 0.3) is 21.9 Å². The van der Waals surface area contributed by atoms with E-state index in [0.29, 0.717) is 52.9 Å². The predicted molar refractivity (Wildman–Crippen MR) is 159 cm³/mol. The number of benzene rings is 3. The Balaban J connectivity index is 1.82. The van der Waals surface area contributed by atoms with Crippen molar-refractivity contribution in [3.05, 3.63) is 86.3 Å². The second-order valence-corrected chi connectivity index (χ2v) is 11.8. The van der Waals surface area contributed by atoms with Crippen molar-refractivity contribution in [2.75, 3.05) is 11.9 Å². The lowest BCUT2D eigenvalue weighted by molar-refractivity contribution is -0.161. The van der Waals surface area contributed by atoms with E-state index in [1.54, 1.807) is 45.0 Å². The van der Waals surface area contributed by atoms with Crippen LogP contribution < -0.4 is 15.6 Å². The van der Waals surface area contributed by atoms with Crippen LogP contribution in [0.1, 0.15) is 50.1 Å². The zero-order valence-electron chi connectivity index (χ0n) is 23.9. The Kier molecular flexibility index (Phi) is 7.76. The molecule has 4 aromatic rings. The van der Waals surface area contributed by atoms with Crippen molar-refractivity contribution in [3.63, 3.8) is 0 Å². The van der Waals surface area contributed by atoms with Gasteiger partial charge in [0.2, 0.25) is 0 Å². The number of carboxylic acid groups (broad SMARTS) is 1. The number of halogens is 3. The van der Waals surface area contributed by atoms with Crippen LogP contribution in [-0.4, -0.2) is 27.9 Å². The van der Waals surface area contributed by atoms with Gasteiger partial charge in [-0.15, -0.1) is 0 Å². The van der Waals surface area contributed by atoms with E-state index in [9.17, 15) is 19.1 Å². The quantitative estimate of drug-likeness (QED) is 0.240. The second kappa shape index (κ2) is 11.0. The predicted octanol–water partition coefficient (Wildman–Crippen LogP) is 7.45. The standard InChI is InChI=1S/C32H31ClF2N2O5/c1-16-19-7-6-12-41-28(19)25(35)15-21(16)26-20-10-8-17(36-18-9-11-23(33)24(34)14-18)13-22(20)30(38)37(5)27(26)29(31(39)40)42-32(2,3)4/h8-11,13-15,29,36H,6-7,12H2,1-5H3,(H,39,40).